The highest BCUT2D eigenvalue weighted by atomic mass is 79.9. The molecule has 2 rings (SSSR count). The molecule has 2 aromatic rings. The first kappa shape index (κ1) is 32.5. The van der Waals surface area contributed by atoms with E-state index in [0.717, 1.165) is 12.1 Å². The number of halogens is 1. The third-order valence-electron chi connectivity index (χ3n) is 5.05. The van der Waals surface area contributed by atoms with Crippen LogP contribution in [0, 0.1) is 20.2 Å². The van der Waals surface area contributed by atoms with Gasteiger partial charge in [-0.15, -0.1) is 10.2 Å². The predicted molar refractivity (Wildman–Crippen MR) is 149 cm³/mol. The second-order valence-corrected chi connectivity index (χ2v) is 8.98. The molecule has 0 heterocycles. The Morgan fingerprint density at radius 3 is 2.05 bits per heavy atom. The number of anilines is 2. The molecule has 1 amide bonds. The number of nitro benzene ring substituents is 2. The Morgan fingerprint density at radius 1 is 0.951 bits per heavy atom. The van der Waals surface area contributed by atoms with Crippen molar-refractivity contribution in [2.24, 2.45) is 10.2 Å². The van der Waals surface area contributed by atoms with Gasteiger partial charge in [0.15, 0.2) is 5.69 Å². The van der Waals surface area contributed by atoms with Crippen molar-refractivity contribution in [1.82, 2.24) is 0 Å². The minimum atomic E-state index is -0.834. The number of nitrogens with zero attached hydrogens (tertiary/aromatic N) is 5. The summed E-state index contributed by atoms with van der Waals surface area (Å²) < 4.78 is 15.9. The van der Waals surface area contributed by atoms with Gasteiger partial charge in [-0.2, -0.15) is 0 Å². The van der Waals surface area contributed by atoms with Crippen LogP contribution in [0.3, 0.4) is 0 Å². The van der Waals surface area contributed by atoms with Crippen LogP contribution in [0.1, 0.15) is 27.7 Å². The molecule has 0 fully saturated rings. The van der Waals surface area contributed by atoms with Crippen LogP contribution >= 0.6 is 15.9 Å². The Balaban J connectivity index is 2.65. The molecule has 0 saturated heterocycles. The lowest BCUT2D eigenvalue weighted by atomic mass is 10.2. The maximum Gasteiger partial charge on any atom is 0.304 e. The standard InChI is InChI=1S/C24H27BrN6O10/c1-5-39-23-13-20(27-28-24-18(25)10-17(30(35)36)11-22(24)31(37)38)19(26-14(2)32)12-21(23)29(6-8-40-15(3)33)7-9-41-16(4)34/h10-13H,5-9H2,1-4H3,(H,26,32)/b28-27+. The molecule has 220 valence electrons. The van der Waals surface area contributed by atoms with Crippen molar-refractivity contribution >= 4 is 67.9 Å². The van der Waals surface area contributed by atoms with E-state index in [2.05, 4.69) is 31.5 Å². The summed E-state index contributed by atoms with van der Waals surface area (Å²) in [5, 5.41) is 33.4. The number of nitro groups is 2. The zero-order valence-electron chi connectivity index (χ0n) is 22.5. The molecule has 0 aliphatic heterocycles. The Bertz CT molecular complexity index is 1350. The molecular formula is C24H27BrN6O10. The molecule has 17 heteroatoms. The van der Waals surface area contributed by atoms with Crippen LogP contribution in [0.15, 0.2) is 39.0 Å². The van der Waals surface area contributed by atoms with Crippen molar-refractivity contribution in [3.63, 3.8) is 0 Å². The molecule has 0 spiro atoms. The van der Waals surface area contributed by atoms with Gasteiger partial charge in [0.05, 0.1) is 51.5 Å². The fourth-order valence-corrected chi connectivity index (χ4v) is 3.94. The van der Waals surface area contributed by atoms with Crippen LogP contribution in [0.5, 0.6) is 5.75 Å². The summed E-state index contributed by atoms with van der Waals surface area (Å²) in [6.07, 6.45) is 0. The van der Waals surface area contributed by atoms with Gasteiger partial charge in [0.1, 0.15) is 24.7 Å². The lowest BCUT2D eigenvalue weighted by Crippen LogP contribution is -2.32. The van der Waals surface area contributed by atoms with Gasteiger partial charge in [-0.05, 0) is 28.9 Å². The highest BCUT2D eigenvalue weighted by molar-refractivity contribution is 9.10. The third-order valence-corrected chi connectivity index (χ3v) is 5.66. The van der Waals surface area contributed by atoms with Crippen LogP contribution in [0.25, 0.3) is 0 Å². The molecule has 41 heavy (non-hydrogen) atoms. The van der Waals surface area contributed by atoms with Crippen molar-refractivity contribution in [1.29, 1.82) is 0 Å². The summed E-state index contributed by atoms with van der Waals surface area (Å²) in [6, 6.07) is 4.76. The van der Waals surface area contributed by atoms with E-state index in [1.54, 1.807) is 11.8 Å². The molecule has 0 aromatic heterocycles. The van der Waals surface area contributed by atoms with E-state index in [0.29, 0.717) is 5.69 Å². The second kappa shape index (κ2) is 15.2. The highest BCUT2D eigenvalue weighted by Gasteiger charge is 2.24. The maximum absolute atomic E-state index is 12.0. The van der Waals surface area contributed by atoms with E-state index < -0.39 is 39.1 Å². The summed E-state index contributed by atoms with van der Waals surface area (Å²) in [4.78, 5) is 57.5. The maximum atomic E-state index is 12.0. The van der Waals surface area contributed by atoms with Crippen LogP contribution in [0.2, 0.25) is 0 Å². The highest BCUT2D eigenvalue weighted by Crippen LogP contribution is 2.43. The number of azo groups is 1. The molecule has 0 radical (unpaired) electrons. The SMILES string of the molecule is CCOc1cc(/N=N/c2c(Br)cc([N+](=O)[O-])cc2[N+](=O)[O-])c(NC(C)=O)cc1N(CCOC(C)=O)CCOC(C)=O. The number of carbonyl (C=O) groups is 3. The van der Waals surface area contributed by atoms with E-state index in [4.69, 9.17) is 14.2 Å². The molecule has 0 aliphatic rings. The van der Waals surface area contributed by atoms with Crippen molar-refractivity contribution < 1.29 is 38.4 Å². The fraction of sp³-hybridized carbons (Fsp3) is 0.375. The average molecular weight is 639 g/mol. The lowest BCUT2D eigenvalue weighted by Gasteiger charge is -2.27. The van der Waals surface area contributed by atoms with E-state index in [1.165, 1.54) is 32.9 Å². The van der Waals surface area contributed by atoms with Crippen molar-refractivity contribution in [3.05, 3.63) is 49.0 Å². The first-order chi connectivity index (χ1) is 19.3. The number of benzene rings is 2. The molecule has 0 aliphatic carbocycles. The lowest BCUT2D eigenvalue weighted by molar-refractivity contribution is -0.393. The number of non-ortho nitro benzene ring substituents is 1. The number of rotatable bonds is 14. The number of hydrogen-bond acceptors (Lipinski definition) is 13. The van der Waals surface area contributed by atoms with Crippen molar-refractivity contribution in [2.45, 2.75) is 27.7 Å². The van der Waals surface area contributed by atoms with Gasteiger partial charge in [0.25, 0.3) is 5.69 Å². The Labute approximate surface area is 242 Å². The van der Waals surface area contributed by atoms with Crippen LogP contribution in [-0.2, 0) is 23.9 Å². The first-order valence-electron chi connectivity index (χ1n) is 12.0. The van der Waals surface area contributed by atoms with Gasteiger partial charge in [-0.1, -0.05) is 0 Å². The summed E-state index contributed by atoms with van der Waals surface area (Å²) >= 11 is 3.07. The Hall–Kier alpha value is -4.67. The number of hydrogen-bond donors (Lipinski definition) is 1. The predicted octanol–water partition coefficient (Wildman–Crippen LogP) is 4.97. The molecule has 16 nitrogen and oxygen atoms in total. The second-order valence-electron chi connectivity index (χ2n) is 8.13. The van der Waals surface area contributed by atoms with E-state index in [9.17, 15) is 34.6 Å². The van der Waals surface area contributed by atoms with Crippen molar-refractivity contribution in [3.8, 4) is 5.75 Å². The largest absolute Gasteiger partial charge is 0.492 e. The summed E-state index contributed by atoms with van der Waals surface area (Å²) in [6.45, 7) is 6.05. The summed E-state index contributed by atoms with van der Waals surface area (Å²) in [5.41, 5.74) is -0.860. The molecular weight excluding hydrogens is 612 g/mol. The van der Waals surface area contributed by atoms with Crippen LogP contribution < -0.4 is 15.0 Å². The number of carbonyl (C=O) groups excluding carboxylic acids is 3. The van der Waals surface area contributed by atoms with Gasteiger partial charge in [-0.3, -0.25) is 34.6 Å². The molecule has 2 aromatic carbocycles. The molecule has 0 bridgehead atoms. The monoisotopic (exact) mass is 638 g/mol. The summed E-state index contributed by atoms with van der Waals surface area (Å²) in [7, 11) is 0. The van der Waals surface area contributed by atoms with Gasteiger partial charge in [0.2, 0.25) is 5.91 Å². The minimum absolute atomic E-state index is 0.00423. The molecule has 0 saturated carbocycles. The normalized spacial score (nSPS) is 10.7. The Morgan fingerprint density at radius 2 is 1.56 bits per heavy atom. The number of nitrogens with one attached hydrogen (secondary N) is 1. The van der Waals surface area contributed by atoms with Gasteiger partial charge < -0.3 is 24.4 Å². The minimum Gasteiger partial charge on any atom is -0.492 e. The van der Waals surface area contributed by atoms with E-state index in [-0.39, 0.29) is 60.2 Å². The van der Waals surface area contributed by atoms with Gasteiger partial charge in [0, 0.05) is 32.9 Å². The zero-order valence-corrected chi connectivity index (χ0v) is 24.1. The molecule has 1 N–H and O–H groups in total. The Kier molecular flexibility index (Phi) is 12.1. The molecule has 0 atom stereocenters. The van der Waals surface area contributed by atoms with Crippen molar-refractivity contribution in [2.75, 3.05) is 43.1 Å². The first-order valence-corrected chi connectivity index (χ1v) is 12.8. The summed E-state index contributed by atoms with van der Waals surface area (Å²) in [5.74, 6) is -1.18. The fourth-order valence-electron chi connectivity index (χ4n) is 3.42. The third kappa shape index (κ3) is 9.79. The quantitative estimate of drug-likeness (QED) is 0.126. The topological polar surface area (TPSA) is 205 Å². The number of amides is 1. The molecule has 0 unspecified atom stereocenters. The van der Waals surface area contributed by atoms with E-state index >= 15 is 0 Å². The number of esters is 2. The van der Waals surface area contributed by atoms with Crippen LogP contribution in [0.4, 0.5) is 34.1 Å². The van der Waals surface area contributed by atoms with Gasteiger partial charge in [-0.25, -0.2) is 0 Å². The smallest absolute Gasteiger partial charge is 0.304 e. The van der Waals surface area contributed by atoms with Crippen LogP contribution in [-0.4, -0.2) is 60.6 Å². The zero-order chi connectivity index (χ0) is 30.7. The average Bonchev–Trinajstić information content (AvgIpc) is 2.87. The van der Waals surface area contributed by atoms with Gasteiger partial charge >= 0.3 is 17.6 Å². The van der Waals surface area contributed by atoms with E-state index in [1.807, 2.05) is 0 Å². The number of ether oxygens (including phenoxy) is 3.